The van der Waals surface area contributed by atoms with Gasteiger partial charge in [0.2, 0.25) is 0 Å². The Hall–Kier alpha value is -1.45. The van der Waals surface area contributed by atoms with Crippen LogP contribution in [0.25, 0.3) is 0 Å². The Balaban J connectivity index is 2.56. The summed E-state index contributed by atoms with van der Waals surface area (Å²) in [6.07, 6.45) is 2.91. The molecule has 3 heterocycles. The molecule has 0 spiro atoms. The third-order valence-electron chi connectivity index (χ3n) is 7.18. The lowest BCUT2D eigenvalue weighted by Gasteiger charge is -2.49. The molecule has 4 nitrogen and oxygen atoms in total. The topological polar surface area (TPSA) is 17.6 Å². The normalized spacial score (nSPS) is 17.7. The van der Waals surface area contributed by atoms with Crippen LogP contribution in [0.5, 0.6) is 0 Å². The number of nitrogens with zero attached hydrogens (tertiary/aromatic N) is 4. The van der Waals surface area contributed by atoms with Crippen LogP contribution in [0, 0.1) is 27.7 Å². The maximum Gasteiger partial charge on any atom is 0.439 e. The predicted molar refractivity (Wildman–Crippen MR) is 103 cm³/mol. The van der Waals surface area contributed by atoms with Gasteiger partial charge in [0.1, 0.15) is 11.4 Å². The summed E-state index contributed by atoms with van der Waals surface area (Å²) in [5.41, 5.74) is 5.62. The summed E-state index contributed by atoms with van der Waals surface area (Å²) >= 11 is 0. The molecule has 0 radical (unpaired) electrons. The van der Waals surface area contributed by atoms with Crippen LogP contribution in [-0.2, 0) is 0 Å². The Morgan fingerprint density at radius 3 is 1.21 bits per heavy atom. The minimum absolute atomic E-state index is 0.851. The van der Waals surface area contributed by atoms with E-state index in [4.69, 9.17) is 0 Å². The van der Waals surface area contributed by atoms with E-state index in [1.807, 2.05) is 0 Å². The van der Waals surface area contributed by atoms with E-state index in [0.717, 1.165) is 25.3 Å². The molecule has 0 aliphatic carbocycles. The summed E-state index contributed by atoms with van der Waals surface area (Å²) < 4.78 is 10.8. The number of aromatic nitrogens is 4. The Kier molecular flexibility index (Phi) is 4.01. The molecular formula is C18H34B2N4. The molecule has 0 unspecified atom stereocenters. The lowest BCUT2D eigenvalue weighted by atomic mass is 9.37. The van der Waals surface area contributed by atoms with Gasteiger partial charge < -0.3 is 9.19 Å². The van der Waals surface area contributed by atoms with Crippen molar-refractivity contribution in [3.05, 3.63) is 34.9 Å². The number of rotatable bonds is 4. The molecule has 0 N–H and O–H groups in total. The Morgan fingerprint density at radius 2 is 0.958 bits per heavy atom. The molecule has 2 aromatic rings. The zero-order valence-corrected chi connectivity index (χ0v) is 16.9. The van der Waals surface area contributed by atoms with Crippen LogP contribution < -0.4 is 9.19 Å². The van der Waals surface area contributed by atoms with Crippen molar-refractivity contribution in [3.63, 3.8) is 0 Å². The zero-order valence-electron chi connectivity index (χ0n) is 16.9. The molecule has 0 bridgehead atoms. The van der Waals surface area contributed by atoms with Gasteiger partial charge in [-0.15, -0.1) is 0 Å². The van der Waals surface area contributed by atoms with Crippen LogP contribution in [0.2, 0.25) is 25.3 Å². The molecular weight excluding hydrogens is 294 g/mol. The van der Waals surface area contributed by atoms with Crippen molar-refractivity contribution in [1.29, 1.82) is 0 Å². The van der Waals surface area contributed by atoms with Crippen LogP contribution in [0.3, 0.4) is 0 Å². The molecule has 24 heavy (non-hydrogen) atoms. The Morgan fingerprint density at radius 1 is 0.667 bits per heavy atom. The SMILES string of the molecule is CC[B-]1(CC)n2c(C)cc(C)[n+]2[B-](CC)(CC)n2c(C)cc(C)[n+]21. The van der Waals surface area contributed by atoms with Crippen molar-refractivity contribution in [2.24, 2.45) is 0 Å². The van der Waals surface area contributed by atoms with Crippen molar-refractivity contribution >= 4 is 12.8 Å². The third kappa shape index (κ3) is 1.77. The van der Waals surface area contributed by atoms with E-state index in [0.29, 0.717) is 0 Å². The highest BCUT2D eigenvalue weighted by atomic mass is 15.5. The lowest BCUT2D eigenvalue weighted by Crippen LogP contribution is -2.93. The van der Waals surface area contributed by atoms with Crippen molar-refractivity contribution < 1.29 is 9.19 Å². The lowest BCUT2D eigenvalue weighted by molar-refractivity contribution is -0.722. The van der Waals surface area contributed by atoms with Gasteiger partial charge in [-0.2, -0.15) is 0 Å². The molecule has 0 amide bonds. The maximum absolute atomic E-state index is 2.69. The first kappa shape index (κ1) is 17.4. The molecule has 0 atom stereocenters. The van der Waals surface area contributed by atoms with Crippen molar-refractivity contribution in [2.75, 3.05) is 0 Å². The van der Waals surface area contributed by atoms with E-state index in [9.17, 15) is 0 Å². The quantitative estimate of drug-likeness (QED) is 0.768. The third-order valence-corrected chi connectivity index (χ3v) is 7.18. The van der Waals surface area contributed by atoms with E-state index in [1.165, 1.54) is 22.8 Å². The highest BCUT2D eigenvalue weighted by Gasteiger charge is 2.57. The molecule has 3 rings (SSSR count). The van der Waals surface area contributed by atoms with Crippen molar-refractivity contribution in [1.82, 2.24) is 9.19 Å². The monoisotopic (exact) mass is 328 g/mol. The van der Waals surface area contributed by atoms with Crippen molar-refractivity contribution in [2.45, 2.75) is 80.7 Å². The minimum atomic E-state index is -0.851. The fourth-order valence-corrected chi connectivity index (χ4v) is 6.16. The second-order valence-corrected chi connectivity index (χ2v) is 8.13. The van der Waals surface area contributed by atoms with Gasteiger partial charge in [-0.25, -0.2) is 0 Å². The van der Waals surface area contributed by atoms with Gasteiger partial charge in [-0.1, -0.05) is 53.0 Å². The Labute approximate surface area is 147 Å². The molecule has 6 heteroatoms. The number of fused-ring (bicyclic) bond motifs is 2. The highest BCUT2D eigenvalue weighted by molar-refractivity contribution is 6.74. The molecule has 0 saturated heterocycles. The fraction of sp³-hybridized carbons (Fsp3) is 0.667. The standard InChI is InChI=1S/C18H34B2N4/c1-9-19(10-2)21-15(5)13-17(7)23(21)20(11-3,12-4)24-18(8)14-16(6)22(19)24/h13-14H,9-12H2,1-8H3. The molecule has 0 aromatic carbocycles. The molecule has 132 valence electrons. The number of hydrogen-bond donors (Lipinski definition) is 0. The summed E-state index contributed by atoms with van der Waals surface area (Å²) in [5.74, 6) is 0. The van der Waals surface area contributed by atoms with Gasteiger partial charge in [0, 0.05) is 37.4 Å². The highest BCUT2D eigenvalue weighted by Crippen LogP contribution is 2.27. The van der Waals surface area contributed by atoms with Crippen LogP contribution in [0.1, 0.15) is 50.5 Å². The van der Waals surface area contributed by atoms with Crippen LogP contribution in [0.4, 0.5) is 0 Å². The predicted octanol–water partition coefficient (Wildman–Crippen LogP) is 3.17. The first-order valence-corrected chi connectivity index (χ1v) is 9.94. The molecule has 0 fully saturated rings. The first-order chi connectivity index (χ1) is 11.3. The fourth-order valence-electron chi connectivity index (χ4n) is 6.16. The number of hydrogen-bond acceptors (Lipinski definition) is 0. The van der Waals surface area contributed by atoms with Crippen LogP contribution in [0.15, 0.2) is 12.1 Å². The summed E-state index contributed by atoms with van der Waals surface area (Å²) in [6.45, 7) is 18.6. The van der Waals surface area contributed by atoms with E-state index >= 15 is 0 Å². The van der Waals surface area contributed by atoms with Crippen molar-refractivity contribution in [3.8, 4) is 0 Å². The smallest absolute Gasteiger partial charge is 0.340 e. The van der Waals surface area contributed by atoms with Gasteiger partial charge in [0.05, 0.1) is 0 Å². The summed E-state index contributed by atoms with van der Waals surface area (Å²) in [6, 6.07) is 4.78. The van der Waals surface area contributed by atoms with Gasteiger partial charge in [0.25, 0.3) is 0 Å². The van der Waals surface area contributed by atoms with E-state index < -0.39 is 12.8 Å². The van der Waals surface area contributed by atoms with Gasteiger partial charge in [-0.3, -0.25) is 9.19 Å². The van der Waals surface area contributed by atoms with Crippen LogP contribution >= 0.6 is 0 Å². The second-order valence-electron chi connectivity index (χ2n) is 8.13. The van der Waals surface area contributed by atoms with Gasteiger partial charge in [0.15, 0.2) is 0 Å². The summed E-state index contributed by atoms with van der Waals surface area (Å²) in [4.78, 5) is 0. The van der Waals surface area contributed by atoms with E-state index in [1.54, 1.807) is 0 Å². The zero-order chi connectivity index (χ0) is 17.9. The van der Waals surface area contributed by atoms with Crippen LogP contribution in [-0.4, -0.2) is 22.0 Å². The summed E-state index contributed by atoms with van der Waals surface area (Å²) in [7, 11) is 0. The van der Waals surface area contributed by atoms with Gasteiger partial charge >= 0.3 is 12.8 Å². The first-order valence-electron chi connectivity index (χ1n) is 9.94. The number of aryl methyl sites for hydroxylation is 4. The van der Waals surface area contributed by atoms with E-state index in [-0.39, 0.29) is 0 Å². The minimum Gasteiger partial charge on any atom is -0.340 e. The van der Waals surface area contributed by atoms with Gasteiger partial charge in [-0.05, 0) is 13.8 Å². The molecule has 1 aliphatic heterocycles. The average molecular weight is 328 g/mol. The average Bonchev–Trinajstić information content (AvgIpc) is 3.04. The second kappa shape index (κ2) is 5.53. The molecule has 2 aromatic heterocycles. The molecule has 1 aliphatic rings. The Bertz CT molecular complexity index is 660. The van der Waals surface area contributed by atoms with E-state index in [2.05, 4.69) is 85.9 Å². The maximum atomic E-state index is 2.69. The molecule has 0 saturated carbocycles. The summed E-state index contributed by atoms with van der Waals surface area (Å²) in [5, 5.41) is 0. The largest absolute Gasteiger partial charge is 0.439 e.